The minimum atomic E-state index is -0.982. The predicted molar refractivity (Wildman–Crippen MR) is 109 cm³/mol. The van der Waals surface area contributed by atoms with Gasteiger partial charge in [-0.3, -0.25) is 39.8 Å². The number of aliphatic carboxylic acids is 1. The summed E-state index contributed by atoms with van der Waals surface area (Å²) >= 11 is 0. The number of carbonyl (C=O) groups excluding carboxylic acids is 4. The maximum atomic E-state index is 12.2. The van der Waals surface area contributed by atoms with Gasteiger partial charge < -0.3 is 36.3 Å². The molecule has 1 unspecified atom stereocenters. The molecule has 0 aliphatic heterocycles. The molecule has 1 aromatic heterocycles. The molecule has 6 N–H and O–H groups in total. The van der Waals surface area contributed by atoms with Crippen molar-refractivity contribution in [3.8, 4) is 0 Å². The smallest absolute Gasteiger partial charge is 0.545 e. The van der Waals surface area contributed by atoms with E-state index in [2.05, 4.69) is 30.7 Å². The van der Waals surface area contributed by atoms with Crippen LogP contribution in [0.2, 0.25) is 0 Å². The van der Waals surface area contributed by atoms with Gasteiger partial charge in [-0.05, 0) is 31.4 Å². The van der Waals surface area contributed by atoms with E-state index in [4.69, 9.17) is 31.0 Å². The van der Waals surface area contributed by atoms with Crippen LogP contribution < -0.4 is 16.8 Å². The Morgan fingerprint density at radius 1 is 1.06 bits per heavy atom. The summed E-state index contributed by atoms with van der Waals surface area (Å²) in [5, 5.41) is 12.0. The number of amides is 1. The second-order valence-electron chi connectivity index (χ2n) is 6.27. The van der Waals surface area contributed by atoms with Gasteiger partial charge in [0.25, 0.3) is 0 Å². The molecule has 3 atom stereocenters. The minimum absolute atomic E-state index is 0. The third-order valence-corrected chi connectivity index (χ3v) is 4.16. The summed E-state index contributed by atoms with van der Waals surface area (Å²) in [5.41, 5.74) is 12.5. The Morgan fingerprint density at radius 2 is 1.68 bits per heavy atom. The molecule has 1 amide bonds. The number of aromatic nitrogens is 1. The van der Waals surface area contributed by atoms with Gasteiger partial charge in [0.05, 0.1) is 18.8 Å². The van der Waals surface area contributed by atoms with Crippen LogP contribution in [0.1, 0.15) is 25.0 Å². The Labute approximate surface area is 195 Å². The van der Waals surface area contributed by atoms with E-state index in [0.29, 0.717) is 13.0 Å². The molecule has 1 fully saturated rings. The second kappa shape index (κ2) is 20.9. The van der Waals surface area contributed by atoms with Crippen LogP contribution >= 0.6 is 0 Å². The van der Waals surface area contributed by atoms with E-state index < -0.39 is 5.97 Å². The van der Waals surface area contributed by atoms with Crippen molar-refractivity contribution in [2.45, 2.75) is 43.9 Å². The molecule has 11 nitrogen and oxygen atoms in total. The average molecular weight is 520 g/mol. The van der Waals surface area contributed by atoms with E-state index in [1.54, 1.807) is 23.2 Å². The summed E-state index contributed by atoms with van der Waals surface area (Å²) in [4.78, 5) is 52.2. The van der Waals surface area contributed by atoms with E-state index in [9.17, 15) is 9.59 Å². The topological polar surface area (TPSA) is 186 Å². The Balaban J connectivity index is -0.00000103. The molecule has 1 radical (unpaired) electrons. The first-order valence-corrected chi connectivity index (χ1v) is 8.79. The largest absolute Gasteiger partial charge is 4.00 e. The molecule has 1 aromatic rings. The van der Waals surface area contributed by atoms with Crippen LogP contribution in [0.3, 0.4) is 0 Å². The quantitative estimate of drug-likeness (QED) is 0.243. The predicted octanol–water partition coefficient (Wildman–Crippen LogP) is -1.53. The number of nitrogens with one attached hydrogen (secondary N) is 1. The monoisotopic (exact) mass is 519 g/mol. The summed E-state index contributed by atoms with van der Waals surface area (Å²) in [5.74, 6) is -1.19. The molecular weight excluding hydrogens is 492 g/mol. The van der Waals surface area contributed by atoms with Crippen LogP contribution in [-0.4, -0.2) is 78.4 Å². The van der Waals surface area contributed by atoms with E-state index >= 15 is 0 Å². The molecule has 1 heterocycles. The maximum absolute atomic E-state index is 12.2. The number of nitrogens with two attached hydrogens (primary N) is 2. The normalized spacial score (nSPS) is 18.9. The Hall–Kier alpha value is -2.37. The van der Waals surface area contributed by atoms with Crippen LogP contribution in [-0.2, 0) is 50.6 Å². The second-order valence-corrected chi connectivity index (χ2v) is 6.27. The number of hydrogen-bond donors (Lipinski definition) is 4. The molecule has 0 spiro atoms. The summed E-state index contributed by atoms with van der Waals surface area (Å²) in [6.45, 7) is 9.83. The van der Waals surface area contributed by atoms with Crippen molar-refractivity contribution in [2.24, 2.45) is 11.5 Å². The van der Waals surface area contributed by atoms with Crippen LogP contribution in [0.15, 0.2) is 24.4 Å². The summed E-state index contributed by atoms with van der Waals surface area (Å²) in [7, 11) is 0. The Bertz CT molecular complexity index is 608. The number of pyridine rings is 1. The zero-order chi connectivity index (χ0) is 23.5. The first-order valence-electron chi connectivity index (χ1n) is 8.79. The fourth-order valence-corrected chi connectivity index (χ4v) is 2.92. The molecule has 171 valence electrons. The van der Waals surface area contributed by atoms with Crippen molar-refractivity contribution in [3.05, 3.63) is 30.1 Å². The molecule has 0 aromatic carbocycles. The van der Waals surface area contributed by atoms with Crippen molar-refractivity contribution in [3.63, 3.8) is 0 Å². The molecule has 1 saturated carbocycles. The van der Waals surface area contributed by atoms with E-state index in [1.165, 1.54) is 0 Å². The summed E-state index contributed by atoms with van der Waals surface area (Å²) in [6.07, 6.45) is 3.85. The molecule has 0 bridgehead atoms. The van der Waals surface area contributed by atoms with Gasteiger partial charge in [-0.15, -0.1) is 0 Å². The molecule has 12 heteroatoms. The third kappa shape index (κ3) is 15.1. The number of hydrogen-bond acceptors (Lipinski definition) is 9. The zero-order valence-corrected chi connectivity index (χ0v) is 18.8. The van der Waals surface area contributed by atoms with Crippen molar-refractivity contribution >= 4 is 32.2 Å². The number of carboxylic acids is 1. The number of carboxylic acid groups (broad SMARTS) is 1. The van der Waals surface area contributed by atoms with Crippen LogP contribution in [0.25, 0.3) is 0 Å². The van der Waals surface area contributed by atoms with Gasteiger partial charge in [0.15, 0.2) is 0 Å². The first-order chi connectivity index (χ1) is 14.4. The van der Waals surface area contributed by atoms with E-state index in [0.717, 1.165) is 18.5 Å². The summed E-state index contributed by atoms with van der Waals surface area (Å²) < 4.78 is 0. The minimum Gasteiger partial charge on any atom is -0.545 e. The van der Waals surface area contributed by atoms with Crippen molar-refractivity contribution in [1.29, 1.82) is 0 Å². The van der Waals surface area contributed by atoms with Crippen LogP contribution in [0, 0.1) is 0 Å². The molecule has 1 aliphatic rings. The van der Waals surface area contributed by atoms with Gasteiger partial charge in [0, 0.05) is 30.9 Å². The number of carbonyl (C=O) groups is 2. The van der Waals surface area contributed by atoms with E-state index in [-0.39, 0.29) is 57.2 Å². The van der Waals surface area contributed by atoms with Gasteiger partial charge in [0.2, 0.25) is 5.91 Å². The standard InChI is InChI=1S/C16H25N5O3.3CHO.Tc/c17-13-5-4-11(7-14(13)18)20-15(22)9-21(10-16(23)24)8-12-3-1-2-6-19-12;3*1-2;/h1-3,6,11,13-14H,4-5,7-10,17-18H2,(H,20,22)(H,23,24);3*1H;/q;3*-1;+4/t11?,13-,14+;;;;/m1..../s1. The maximum Gasteiger partial charge on any atom is 4.00 e. The third-order valence-electron chi connectivity index (χ3n) is 4.16. The van der Waals surface area contributed by atoms with Gasteiger partial charge in [-0.1, -0.05) is 6.07 Å². The van der Waals surface area contributed by atoms with Crippen LogP contribution in [0.5, 0.6) is 0 Å². The Kier molecular flexibility index (Phi) is 22.4. The number of nitrogens with zero attached hydrogens (tertiary/aromatic N) is 2. The van der Waals surface area contributed by atoms with Crippen LogP contribution in [0.4, 0.5) is 0 Å². The van der Waals surface area contributed by atoms with Crippen molar-refractivity contribution in [2.75, 3.05) is 13.1 Å². The fourth-order valence-electron chi connectivity index (χ4n) is 2.92. The summed E-state index contributed by atoms with van der Waals surface area (Å²) in [6, 6.07) is 5.27. The molecule has 2 rings (SSSR count). The van der Waals surface area contributed by atoms with Crippen molar-refractivity contribution < 1.29 is 49.2 Å². The number of rotatable bonds is 7. The van der Waals surface area contributed by atoms with Gasteiger partial charge >= 0.3 is 26.1 Å². The first kappa shape index (κ1) is 33.3. The zero-order valence-electron chi connectivity index (χ0n) is 16.9. The Morgan fingerprint density at radius 3 is 2.16 bits per heavy atom. The molecular formula is C19H28N5O6Tc+. The van der Waals surface area contributed by atoms with Gasteiger partial charge in [0.1, 0.15) is 0 Å². The van der Waals surface area contributed by atoms with Gasteiger partial charge in [-0.2, -0.15) is 0 Å². The molecule has 0 saturated heterocycles. The van der Waals surface area contributed by atoms with Gasteiger partial charge in [-0.25, -0.2) is 0 Å². The SMILES string of the molecule is N[C@@H]1CCC(NC(=O)CN(CC(=O)O)Cc2ccccn2)C[C@@H]1N.[CH-]=O.[CH-]=O.[CH-]=O.[Tc+4]. The average Bonchev–Trinajstić information content (AvgIpc) is 2.75. The molecule has 1 aliphatic carbocycles. The molecule has 31 heavy (non-hydrogen) atoms. The van der Waals surface area contributed by atoms with Crippen molar-refractivity contribution in [1.82, 2.24) is 15.2 Å². The van der Waals surface area contributed by atoms with E-state index in [1.807, 2.05) is 6.07 Å². The fraction of sp³-hybridized carbons (Fsp3) is 0.474.